The number of esters is 1. The summed E-state index contributed by atoms with van der Waals surface area (Å²) in [6, 6.07) is 23.9. The Morgan fingerprint density at radius 3 is 2.25 bits per heavy atom. The molecule has 0 heterocycles. The van der Waals surface area contributed by atoms with Gasteiger partial charge in [-0.3, -0.25) is 4.79 Å². The van der Waals surface area contributed by atoms with Gasteiger partial charge in [0.15, 0.2) is 0 Å². The molecule has 0 unspecified atom stereocenters. The number of amides is 1. The second-order valence-electron chi connectivity index (χ2n) is 10.5. The van der Waals surface area contributed by atoms with E-state index in [1.165, 1.54) is 19.2 Å². The molecule has 0 radical (unpaired) electrons. The zero-order valence-electron chi connectivity index (χ0n) is 25.1. The lowest BCUT2D eigenvalue weighted by atomic mass is 9.93. The van der Waals surface area contributed by atoms with Crippen molar-refractivity contribution in [1.29, 1.82) is 0 Å². The van der Waals surface area contributed by atoms with Crippen LogP contribution in [0, 0.1) is 18.6 Å². The lowest BCUT2D eigenvalue weighted by Gasteiger charge is -2.26. The number of hydrogen-bond donors (Lipinski definition) is 1. The summed E-state index contributed by atoms with van der Waals surface area (Å²) < 4.78 is 33.1. The van der Waals surface area contributed by atoms with E-state index >= 15 is 0 Å². The molecule has 0 aliphatic carbocycles. The van der Waals surface area contributed by atoms with Crippen LogP contribution in [0.15, 0.2) is 91.5 Å². The monoisotopic (exact) mass is 614 g/mol. The first-order chi connectivity index (χ1) is 21.2. The molecule has 0 aliphatic rings. The van der Waals surface area contributed by atoms with Crippen LogP contribution in [0.25, 0.3) is 17.2 Å². The van der Waals surface area contributed by atoms with Gasteiger partial charge in [-0.2, -0.15) is 11.8 Å². The lowest BCUT2D eigenvalue weighted by Crippen LogP contribution is -2.42. The summed E-state index contributed by atoms with van der Waals surface area (Å²) in [7, 11) is 1.31. The number of hydrogen-bond acceptors (Lipinski definition) is 5. The molecule has 4 aromatic rings. The van der Waals surface area contributed by atoms with Crippen molar-refractivity contribution < 1.29 is 23.1 Å². The Morgan fingerprint density at radius 2 is 1.61 bits per heavy atom. The Kier molecular flexibility index (Phi) is 11.3. The van der Waals surface area contributed by atoms with Crippen molar-refractivity contribution in [1.82, 2.24) is 5.32 Å². The molecule has 1 amide bonds. The Labute approximate surface area is 261 Å². The Balaban J connectivity index is 1.74. The molecule has 4 rings (SSSR count). The highest BCUT2D eigenvalue weighted by molar-refractivity contribution is 7.98. The summed E-state index contributed by atoms with van der Waals surface area (Å²) in [6.45, 7) is 6.44. The van der Waals surface area contributed by atoms with Gasteiger partial charge in [-0.1, -0.05) is 55.1 Å². The largest absolute Gasteiger partial charge is 0.467 e. The Bertz CT molecular complexity index is 1600. The third kappa shape index (κ3) is 8.35. The van der Waals surface area contributed by atoms with Crippen LogP contribution in [0.2, 0.25) is 0 Å². The van der Waals surface area contributed by atoms with Gasteiger partial charge in [-0.25, -0.2) is 13.6 Å². The van der Waals surface area contributed by atoms with Crippen molar-refractivity contribution in [2.24, 2.45) is 0 Å². The van der Waals surface area contributed by atoms with Crippen LogP contribution in [0.3, 0.4) is 0 Å². The van der Waals surface area contributed by atoms with Crippen LogP contribution in [-0.4, -0.2) is 37.0 Å². The van der Waals surface area contributed by atoms with E-state index in [2.05, 4.69) is 11.9 Å². The van der Waals surface area contributed by atoms with E-state index in [0.717, 1.165) is 34.0 Å². The van der Waals surface area contributed by atoms with Crippen molar-refractivity contribution in [2.45, 2.75) is 32.5 Å². The van der Waals surface area contributed by atoms with E-state index in [4.69, 9.17) is 4.74 Å². The predicted molar refractivity (Wildman–Crippen MR) is 176 cm³/mol. The first kappa shape index (κ1) is 32.5. The standard InChI is InChI=1S/C36H36F2N2O3S/c1-5-25-10-13-30(14-11-25)40(23-27-18-28(37)21-29(38)19-27)22-26-12-15-32(33(20-26)31-9-7-6-8-24(31)2)35(41)39-34(16-17-44-4)36(42)43-3/h5-15,18-21,34H,1,16-17,22-23H2,2-4H3,(H,39,41)/t34-/m0/s1. The van der Waals surface area contributed by atoms with E-state index in [1.54, 1.807) is 23.9 Å². The van der Waals surface area contributed by atoms with Gasteiger partial charge in [0.25, 0.3) is 5.91 Å². The fourth-order valence-electron chi connectivity index (χ4n) is 5.05. The van der Waals surface area contributed by atoms with Gasteiger partial charge >= 0.3 is 5.97 Å². The number of thioether (sulfide) groups is 1. The van der Waals surface area contributed by atoms with Gasteiger partial charge in [-0.15, -0.1) is 0 Å². The van der Waals surface area contributed by atoms with E-state index in [1.807, 2.05) is 78.7 Å². The van der Waals surface area contributed by atoms with E-state index in [-0.39, 0.29) is 12.5 Å². The topological polar surface area (TPSA) is 58.6 Å². The predicted octanol–water partition coefficient (Wildman–Crippen LogP) is 7.81. The average Bonchev–Trinajstić information content (AvgIpc) is 3.02. The molecule has 4 aromatic carbocycles. The number of halogens is 2. The van der Waals surface area contributed by atoms with Crippen molar-refractivity contribution in [3.63, 3.8) is 0 Å². The summed E-state index contributed by atoms with van der Waals surface area (Å²) in [5.41, 5.74) is 6.19. The molecular weight excluding hydrogens is 578 g/mol. The first-order valence-electron chi connectivity index (χ1n) is 14.2. The maximum atomic E-state index is 14.1. The molecule has 8 heteroatoms. The highest BCUT2D eigenvalue weighted by Crippen LogP contribution is 2.30. The van der Waals surface area contributed by atoms with Gasteiger partial charge in [0.1, 0.15) is 17.7 Å². The van der Waals surface area contributed by atoms with Crippen molar-refractivity contribution >= 4 is 35.4 Å². The number of benzene rings is 4. The molecule has 0 aliphatic heterocycles. The van der Waals surface area contributed by atoms with Gasteiger partial charge in [0.2, 0.25) is 0 Å². The molecule has 0 fully saturated rings. The quantitative estimate of drug-likeness (QED) is 0.156. The molecule has 44 heavy (non-hydrogen) atoms. The molecule has 0 saturated heterocycles. The molecule has 0 bridgehead atoms. The minimum absolute atomic E-state index is 0.250. The zero-order chi connectivity index (χ0) is 31.6. The third-order valence-corrected chi connectivity index (χ3v) is 7.97. The number of ether oxygens (including phenoxy) is 1. The molecule has 228 valence electrons. The number of carbonyl (C=O) groups excluding carboxylic acids is 2. The van der Waals surface area contributed by atoms with Crippen LogP contribution in [0.4, 0.5) is 14.5 Å². The first-order valence-corrected chi connectivity index (χ1v) is 15.6. The summed E-state index contributed by atoms with van der Waals surface area (Å²) in [5.74, 6) is -1.46. The molecule has 5 nitrogen and oxygen atoms in total. The average molecular weight is 615 g/mol. The van der Waals surface area contributed by atoms with Gasteiger partial charge in [-0.05, 0) is 95.1 Å². The highest BCUT2D eigenvalue weighted by atomic mass is 32.2. The highest BCUT2D eigenvalue weighted by Gasteiger charge is 2.24. The number of rotatable bonds is 13. The second kappa shape index (κ2) is 15.3. The molecule has 0 spiro atoms. The van der Waals surface area contributed by atoms with Crippen molar-refractivity contribution in [3.05, 3.63) is 131 Å². The summed E-state index contributed by atoms with van der Waals surface area (Å²) in [6.07, 6.45) is 4.13. The summed E-state index contributed by atoms with van der Waals surface area (Å²) >= 11 is 1.58. The van der Waals surface area contributed by atoms with Gasteiger partial charge < -0.3 is 15.0 Å². The molecule has 1 atom stereocenters. The number of aryl methyl sites for hydroxylation is 1. The fraction of sp³-hybridized carbons (Fsp3) is 0.222. The lowest BCUT2D eigenvalue weighted by molar-refractivity contribution is -0.142. The Morgan fingerprint density at radius 1 is 0.932 bits per heavy atom. The van der Waals surface area contributed by atoms with Gasteiger partial charge in [0, 0.05) is 30.4 Å². The minimum Gasteiger partial charge on any atom is -0.467 e. The van der Waals surface area contributed by atoms with Crippen molar-refractivity contribution in [2.75, 3.05) is 24.0 Å². The molecule has 0 saturated carbocycles. The van der Waals surface area contributed by atoms with Crippen LogP contribution >= 0.6 is 11.8 Å². The van der Waals surface area contributed by atoms with Crippen molar-refractivity contribution in [3.8, 4) is 11.1 Å². The normalized spacial score (nSPS) is 11.5. The summed E-state index contributed by atoms with van der Waals surface area (Å²) in [4.78, 5) is 28.1. The van der Waals surface area contributed by atoms with Crippen LogP contribution in [0.5, 0.6) is 0 Å². The number of anilines is 1. The number of carbonyl (C=O) groups is 2. The fourth-order valence-corrected chi connectivity index (χ4v) is 5.52. The van der Waals surface area contributed by atoms with Gasteiger partial charge in [0.05, 0.1) is 7.11 Å². The van der Waals surface area contributed by atoms with Crippen LogP contribution in [-0.2, 0) is 22.6 Å². The summed E-state index contributed by atoms with van der Waals surface area (Å²) in [5, 5.41) is 2.87. The molecule has 1 N–H and O–H groups in total. The smallest absolute Gasteiger partial charge is 0.328 e. The third-order valence-electron chi connectivity index (χ3n) is 7.33. The zero-order valence-corrected chi connectivity index (χ0v) is 25.9. The molecular formula is C36H36F2N2O3S. The van der Waals surface area contributed by atoms with E-state index < -0.39 is 23.6 Å². The number of nitrogens with zero attached hydrogens (tertiary/aromatic N) is 1. The number of methoxy groups -OCH3 is 1. The minimum atomic E-state index is -0.773. The second-order valence-corrected chi connectivity index (χ2v) is 11.4. The van der Waals surface area contributed by atoms with E-state index in [0.29, 0.717) is 35.4 Å². The van der Waals surface area contributed by atoms with Crippen LogP contribution < -0.4 is 10.2 Å². The molecule has 0 aromatic heterocycles. The van der Waals surface area contributed by atoms with Crippen LogP contribution in [0.1, 0.15) is 39.0 Å². The number of nitrogens with one attached hydrogen (secondary N) is 1. The maximum Gasteiger partial charge on any atom is 0.328 e. The maximum absolute atomic E-state index is 14.1. The Hall–Kier alpha value is -4.43. The SMILES string of the molecule is C=Cc1ccc(N(Cc2cc(F)cc(F)c2)Cc2ccc(C(=O)N[C@@H](CCSC)C(=O)OC)c(-c3ccccc3C)c2)cc1. The van der Waals surface area contributed by atoms with E-state index in [9.17, 15) is 18.4 Å².